The average molecular weight is 331 g/mol. The molecule has 0 radical (unpaired) electrons. The summed E-state index contributed by atoms with van der Waals surface area (Å²) in [5, 5.41) is 9.59. The summed E-state index contributed by atoms with van der Waals surface area (Å²) in [5.41, 5.74) is -0.170. The van der Waals surface area contributed by atoms with Crippen molar-refractivity contribution in [1.29, 1.82) is 0 Å². The van der Waals surface area contributed by atoms with Crippen LogP contribution in [0.25, 0.3) is 0 Å². The molecule has 0 saturated carbocycles. The molecule has 0 amide bonds. The van der Waals surface area contributed by atoms with E-state index in [2.05, 4.69) is 9.46 Å². The van der Waals surface area contributed by atoms with Crippen molar-refractivity contribution < 1.29 is 23.1 Å². The van der Waals surface area contributed by atoms with Crippen LogP contribution in [-0.2, 0) is 14.8 Å². The summed E-state index contributed by atoms with van der Waals surface area (Å²) in [6.07, 6.45) is 0.996. The summed E-state index contributed by atoms with van der Waals surface area (Å²) in [4.78, 5) is 11.4. The first-order valence-corrected chi connectivity index (χ1v) is 9.06. The Morgan fingerprint density at radius 2 is 2.29 bits per heavy atom. The Morgan fingerprint density at radius 3 is 2.90 bits per heavy atom. The van der Waals surface area contributed by atoms with Crippen LogP contribution in [0.15, 0.2) is 23.1 Å². The van der Waals surface area contributed by atoms with Crippen molar-refractivity contribution in [2.75, 3.05) is 25.2 Å². The lowest BCUT2D eigenvalue weighted by atomic mass is 10.1. The van der Waals surface area contributed by atoms with E-state index >= 15 is 0 Å². The highest BCUT2D eigenvalue weighted by molar-refractivity contribution is 7.99. The maximum Gasteiger partial charge on any atom is 0.341 e. The summed E-state index contributed by atoms with van der Waals surface area (Å²) < 4.78 is 31.5. The molecular weight excluding hydrogens is 314 g/mol. The van der Waals surface area contributed by atoms with Crippen molar-refractivity contribution in [2.45, 2.75) is 11.3 Å². The van der Waals surface area contributed by atoms with E-state index in [1.807, 2.05) is 11.8 Å². The third-order valence-corrected chi connectivity index (χ3v) is 5.92. The van der Waals surface area contributed by atoms with Crippen LogP contribution in [0.4, 0.5) is 0 Å². The Labute approximate surface area is 127 Å². The van der Waals surface area contributed by atoms with Crippen molar-refractivity contribution in [3.05, 3.63) is 23.8 Å². The molecule has 0 aromatic heterocycles. The summed E-state index contributed by atoms with van der Waals surface area (Å²) >= 11 is 1.81. The van der Waals surface area contributed by atoms with Crippen molar-refractivity contribution in [1.82, 2.24) is 4.72 Å². The van der Waals surface area contributed by atoms with E-state index in [-0.39, 0.29) is 16.2 Å². The smallest absolute Gasteiger partial charge is 0.341 e. The van der Waals surface area contributed by atoms with Gasteiger partial charge < -0.3 is 9.84 Å². The van der Waals surface area contributed by atoms with Crippen LogP contribution >= 0.6 is 11.8 Å². The standard InChI is InChI=1S/C13H17NO5S2/c1-19-13(16)11-6-10(2-3-12(11)15)21(17,18)14-7-9-4-5-20-8-9/h2-3,6,9,14-15H,4-5,7-8H2,1H3. The number of rotatable bonds is 5. The number of aromatic hydroxyl groups is 1. The first-order valence-electron chi connectivity index (χ1n) is 6.43. The average Bonchev–Trinajstić information content (AvgIpc) is 2.98. The molecule has 1 aliphatic heterocycles. The van der Waals surface area contributed by atoms with Crippen LogP contribution in [-0.4, -0.2) is 44.7 Å². The van der Waals surface area contributed by atoms with Crippen LogP contribution in [0.2, 0.25) is 0 Å². The molecule has 1 heterocycles. The third kappa shape index (κ3) is 3.90. The number of sulfonamides is 1. The second-order valence-electron chi connectivity index (χ2n) is 4.75. The van der Waals surface area contributed by atoms with Crippen molar-refractivity contribution >= 4 is 27.8 Å². The molecule has 0 bridgehead atoms. The highest BCUT2D eigenvalue weighted by Crippen LogP contribution is 2.24. The third-order valence-electron chi connectivity index (χ3n) is 3.27. The number of hydrogen-bond donors (Lipinski definition) is 2. The highest BCUT2D eigenvalue weighted by atomic mass is 32.2. The molecule has 6 nitrogen and oxygen atoms in total. The van der Waals surface area contributed by atoms with Gasteiger partial charge in [-0.05, 0) is 42.0 Å². The lowest BCUT2D eigenvalue weighted by Gasteiger charge is -2.12. The molecule has 0 aliphatic carbocycles. The van der Waals surface area contributed by atoms with Gasteiger partial charge in [-0.3, -0.25) is 0 Å². The number of phenols is 1. The molecular formula is C13H17NO5S2. The molecule has 0 spiro atoms. The maximum atomic E-state index is 12.2. The Hall–Kier alpha value is -1.25. The molecule has 1 saturated heterocycles. The van der Waals surface area contributed by atoms with Crippen LogP contribution in [0.3, 0.4) is 0 Å². The second kappa shape index (κ2) is 6.67. The zero-order valence-electron chi connectivity index (χ0n) is 11.5. The van der Waals surface area contributed by atoms with Gasteiger partial charge in [-0.15, -0.1) is 0 Å². The van der Waals surface area contributed by atoms with Gasteiger partial charge in [0.05, 0.1) is 12.0 Å². The Bertz CT molecular complexity index is 623. The molecule has 1 atom stereocenters. The number of carbonyl (C=O) groups excluding carboxylic acids is 1. The molecule has 1 aliphatic rings. The predicted molar refractivity (Wildman–Crippen MR) is 80.1 cm³/mol. The molecule has 116 valence electrons. The van der Waals surface area contributed by atoms with Gasteiger partial charge >= 0.3 is 5.97 Å². The number of hydrogen-bond acceptors (Lipinski definition) is 6. The van der Waals surface area contributed by atoms with E-state index in [9.17, 15) is 18.3 Å². The zero-order valence-corrected chi connectivity index (χ0v) is 13.2. The topological polar surface area (TPSA) is 92.7 Å². The predicted octanol–water partition coefficient (Wildman–Crippen LogP) is 1.21. The van der Waals surface area contributed by atoms with E-state index in [1.54, 1.807) is 0 Å². The fourth-order valence-corrected chi connectivity index (χ4v) is 4.44. The minimum Gasteiger partial charge on any atom is -0.507 e. The van der Waals surface area contributed by atoms with E-state index < -0.39 is 16.0 Å². The molecule has 2 N–H and O–H groups in total. The lowest BCUT2D eigenvalue weighted by Crippen LogP contribution is -2.29. The normalized spacial score (nSPS) is 18.6. The summed E-state index contributed by atoms with van der Waals surface area (Å²) in [6.45, 7) is 0.379. The van der Waals surface area contributed by atoms with Crippen molar-refractivity contribution in [3.8, 4) is 5.75 Å². The first kappa shape index (κ1) is 16.1. The van der Waals surface area contributed by atoms with Crippen LogP contribution < -0.4 is 4.72 Å². The van der Waals surface area contributed by atoms with Gasteiger partial charge in [0.1, 0.15) is 11.3 Å². The minimum atomic E-state index is -3.71. The summed E-state index contributed by atoms with van der Waals surface area (Å²) in [7, 11) is -2.54. The fourth-order valence-electron chi connectivity index (χ4n) is 2.01. The van der Waals surface area contributed by atoms with Gasteiger partial charge in [0, 0.05) is 6.54 Å². The number of esters is 1. The van der Waals surface area contributed by atoms with Gasteiger partial charge in [0.25, 0.3) is 0 Å². The summed E-state index contributed by atoms with van der Waals surface area (Å²) in [5.74, 6) is 1.25. The quantitative estimate of drug-likeness (QED) is 0.788. The van der Waals surface area contributed by atoms with E-state index in [4.69, 9.17) is 0 Å². The van der Waals surface area contributed by atoms with E-state index in [0.717, 1.165) is 24.0 Å². The van der Waals surface area contributed by atoms with Gasteiger partial charge in [0.15, 0.2) is 0 Å². The number of phenolic OH excluding ortho intramolecular Hbond substituents is 1. The van der Waals surface area contributed by atoms with Crippen molar-refractivity contribution in [3.63, 3.8) is 0 Å². The lowest BCUT2D eigenvalue weighted by molar-refractivity contribution is 0.0597. The number of carbonyl (C=O) groups is 1. The van der Waals surface area contributed by atoms with E-state index in [0.29, 0.717) is 12.5 Å². The number of ether oxygens (including phenoxy) is 1. The van der Waals surface area contributed by atoms with Gasteiger partial charge in [-0.2, -0.15) is 11.8 Å². The molecule has 1 unspecified atom stereocenters. The van der Waals surface area contributed by atoms with Gasteiger partial charge in [-0.1, -0.05) is 0 Å². The highest BCUT2D eigenvalue weighted by Gasteiger charge is 2.22. The fraction of sp³-hybridized carbons (Fsp3) is 0.462. The molecule has 1 aromatic rings. The number of thioether (sulfide) groups is 1. The number of benzene rings is 1. The monoisotopic (exact) mass is 331 g/mol. The van der Waals surface area contributed by atoms with Gasteiger partial charge in [-0.25, -0.2) is 17.9 Å². The summed E-state index contributed by atoms with van der Waals surface area (Å²) in [6, 6.07) is 3.55. The molecule has 1 fully saturated rings. The van der Waals surface area contributed by atoms with Gasteiger partial charge in [0.2, 0.25) is 10.0 Å². The zero-order chi connectivity index (χ0) is 15.5. The molecule has 1 aromatic carbocycles. The number of methoxy groups -OCH3 is 1. The van der Waals surface area contributed by atoms with E-state index in [1.165, 1.54) is 19.2 Å². The largest absolute Gasteiger partial charge is 0.507 e. The van der Waals surface area contributed by atoms with Crippen LogP contribution in [0.5, 0.6) is 5.75 Å². The number of nitrogens with one attached hydrogen (secondary N) is 1. The Balaban J connectivity index is 2.17. The van der Waals surface area contributed by atoms with Crippen LogP contribution in [0, 0.1) is 5.92 Å². The SMILES string of the molecule is COC(=O)c1cc(S(=O)(=O)NCC2CCSC2)ccc1O. The molecule has 8 heteroatoms. The minimum absolute atomic E-state index is 0.0636. The van der Waals surface area contributed by atoms with Crippen molar-refractivity contribution in [2.24, 2.45) is 5.92 Å². The Kier molecular flexibility index (Phi) is 5.13. The Morgan fingerprint density at radius 1 is 1.52 bits per heavy atom. The molecule has 21 heavy (non-hydrogen) atoms. The molecule has 2 rings (SSSR count). The van der Waals surface area contributed by atoms with Crippen LogP contribution in [0.1, 0.15) is 16.8 Å². The second-order valence-corrected chi connectivity index (χ2v) is 7.67. The maximum absolute atomic E-state index is 12.2. The first-order chi connectivity index (χ1) is 9.94.